The van der Waals surface area contributed by atoms with Crippen LogP contribution in [0.3, 0.4) is 0 Å². The molecule has 1 heterocycles. The molecule has 0 fully saturated rings. The van der Waals surface area contributed by atoms with Crippen LogP contribution in [-0.4, -0.2) is 35.3 Å². The van der Waals surface area contributed by atoms with E-state index in [1.165, 1.54) is 17.0 Å². The van der Waals surface area contributed by atoms with Crippen LogP contribution in [0.15, 0.2) is 47.6 Å². The van der Waals surface area contributed by atoms with E-state index in [1.807, 2.05) is 0 Å². The summed E-state index contributed by atoms with van der Waals surface area (Å²) in [6.45, 7) is 0. The van der Waals surface area contributed by atoms with E-state index in [-0.39, 0.29) is 10.6 Å². The van der Waals surface area contributed by atoms with Gasteiger partial charge in [0.1, 0.15) is 17.3 Å². The normalized spacial score (nSPS) is 11.0. The maximum absolute atomic E-state index is 13.8. The van der Waals surface area contributed by atoms with E-state index in [0.717, 1.165) is 0 Å². The highest BCUT2D eigenvalue weighted by Crippen LogP contribution is 2.32. The van der Waals surface area contributed by atoms with Crippen LogP contribution in [0.5, 0.6) is 11.5 Å². The minimum atomic E-state index is -0.371. The second kappa shape index (κ2) is 7.27. The number of hydrogen-bond donors (Lipinski definition) is 1. The van der Waals surface area contributed by atoms with Crippen LogP contribution < -0.4 is 9.47 Å². The first-order chi connectivity index (χ1) is 12.1. The van der Waals surface area contributed by atoms with Gasteiger partial charge in [0.15, 0.2) is 5.82 Å². The molecule has 0 aliphatic heterocycles. The molecule has 0 saturated heterocycles. The van der Waals surface area contributed by atoms with Gasteiger partial charge in [0, 0.05) is 11.6 Å². The molecule has 0 spiro atoms. The highest BCUT2D eigenvalue weighted by atomic mass is 32.1. The molecule has 6 nitrogen and oxygen atoms in total. The zero-order valence-electron chi connectivity index (χ0n) is 13.6. The summed E-state index contributed by atoms with van der Waals surface area (Å²) in [5.41, 5.74) is 1.01. The van der Waals surface area contributed by atoms with Crippen LogP contribution in [0.25, 0.3) is 11.4 Å². The molecular weight excluding hydrogens is 343 g/mol. The Morgan fingerprint density at radius 3 is 2.72 bits per heavy atom. The Morgan fingerprint density at radius 1 is 1.20 bits per heavy atom. The zero-order chi connectivity index (χ0) is 17.8. The van der Waals surface area contributed by atoms with E-state index < -0.39 is 0 Å². The van der Waals surface area contributed by atoms with E-state index in [0.29, 0.717) is 28.5 Å². The van der Waals surface area contributed by atoms with Crippen molar-refractivity contribution in [3.05, 3.63) is 58.6 Å². The lowest BCUT2D eigenvalue weighted by molar-refractivity contribution is 0.395. The van der Waals surface area contributed by atoms with Gasteiger partial charge in [0.2, 0.25) is 4.77 Å². The Morgan fingerprint density at radius 2 is 2.00 bits per heavy atom. The maximum Gasteiger partial charge on any atom is 0.216 e. The number of methoxy groups -OCH3 is 2. The molecule has 0 radical (unpaired) electrons. The number of nitrogens with one attached hydrogen (secondary N) is 1. The van der Waals surface area contributed by atoms with Gasteiger partial charge in [0.25, 0.3) is 0 Å². The number of hydrogen-bond acceptors (Lipinski definition) is 5. The summed E-state index contributed by atoms with van der Waals surface area (Å²) in [4.78, 5) is 0. The molecule has 0 bridgehead atoms. The Hall–Kier alpha value is -3.00. The molecular formula is C17H15FN4O2S. The van der Waals surface area contributed by atoms with E-state index in [1.54, 1.807) is 50.6 Å². The van der Waals surface area contributed by atoms with Gasteiger partial charge in [-0.3, -0.25) is 0 Å². The van der Waals surface area contributed by atoms with E-state index >= 15 is 0 Å². The first-order valence-electron chi connectivity index (χ1n) is 7.32. The van der Waals surface area contributed by atoms with Crippen molar-refractivity contribution in [2.24, 2.45) is 5.10 Å². The third-order valence-electron chi connectivity index (χ3n) is 3.52. The fourth-order valence-electron chi connectivity index (χ4n) is 2.26. The average Bonchev–Trinajstić information content (AvgIpc) is 3.01. The van der Waals surface area contributed by atoms with Gasteiger partial charge in [0.05, 0.1) is 26.0 Å². The summed E-state index contributed by atoms with van der Waals surface area (Å²) < 4.78 is 26.0. The zero-order valence-corrected chi connectivity index (χ0v) is 14.4. The van der Waals surface area contributed by atoms with Crippen molar-refractivity contribution in [2.75, 3.05) is 14.2 Å². The first kappa shape index (κ1) is 16.8. The molecule has 0 aliphatic rings. The number of rotatable bonds is 5. The summed E-state index contributed by atoms with van der Waals surface area (Å²) in [7, 11) is 3.12. The van der Waals surface area contributed by atoms with Gasteiger partial charge in [-0.05, 0) is 30.4 Å². The molecule has 25 heavy (non-hydrogen) atoms. The van der Waals surface area contributed by atoms with Gasteiger partial charge in [-0.2, -0.15) is 14.9 Å². The molecule has 3 aromatic rings. The van der Waals surface area contributed by atoms with Crippen molar-refractivity contribution in [1.29, 1.82) is 0 Å². The summed E-state index contributed by atoms with van der Waals surface area (Å²) in [5.74, 6) is 1.27. The highest BCUT2D eigenvalue weighted by molar-refractivity contribution is 7.71. The van der Waals surface area contributed by atoms with Crippen molar-refractivity contribution >= 4 is 18.4 Å². The monoisotopic (exact) mass is 358 g/mol. The Balaban J connectivity index is 2.06. The van der Waals surface area contributed by atoms with Crippen LogP contribution in [0, 0.1) is 10.6 Å². The number of aromatic nitrogens is 3. The first-order valence-corrected chi connectivity index (χ1v) is 7.73. The van der Waals surface area contributed by atoms with Gasteiger partial charge in [-0.25, -0.2) is 9.49 Å². The lowest BCUT2D eigenvalue weighted by atomic mass is 10.2. The molecule has 0 atom stereocenters. The summed E-state index contributed by atoms with van der Waals surface area (Å²) in [5, 5.41) is 11.1. The molecule has 1 aromatic heterocycles. The van der Waals surface area contributed by atoms with Crippen LogP contribution >= 0.6 is 12.2 Å². The van der Waals surface area contributed by atoms with E-state index in [9.17, 15) is 4.39 Å². The number of H-pyrrole nitrogens is 1. The van der Waals surface area contributed by atoms with Crippen molar-refractivity contribution in [3.8, 4) is 22.9 Å². The second-order valence-electron chi connectivity index (χ2n) is 5.00. The third-order valence-corrected chi connectivity index (χ3v) is 3.78. The minimum absolute atomic E-state index is 0.278. The average molecular weight is 358 g/mol. The largest absolute Gasteiger partial charge is 0.497 e. The molecule has 0 amide bonds. The van der Waals surface area contributed by atoms with Crippen molar-refractivity contribution in [2.45, 2.75) is 0 Å². The van der Waals surface area contributed by atoms with Crippen LogP contribution in [-0.2, 0) is 0 Å². The fraction of sp³-hybridized carbons (Fsp3) is 0.118. The number of nitrogens with zero attached hydrogens (tertiary/aromatic N) is 3. The minimum Gasteiger partial charge on any atom is -0.497 e. The molecule has 0 aliphatic carbocycles. The highest BCUT2D eigenvalue weighted by Gasteiger charge is 2.14. The van der Waals surface area contributed by atoms with Crippen molar-refractivity contribution < 1.29 is 13.9 Å². The van der Waals surface area contributed by atoms with Crippen LogP contribution in [0.4, 0.5) is 4.39 Å². The van der Waals surface area contributed by atoms with Gasteiger partial charge in [-0.1, -0.05) is 18.2 Å². The van der Waals surface area contributed by atoms with E-state index in [4.69, 9.17) is 21.7 Å². The van der Waals surface area contributed by atoms with Crippen LogP contribution in [0.2, 0.25) is 0 Å². The molecule has 128 valence electrons. The number of halogens is 1. The number of aromatic amines is 1. The molecule has 2 aromatic carbocycles. The third kappa shape index (κ3) is 3.43. The predicted octanol–water partition coefficient (Wildman–Crippen LogP) is 3.65. The Bertz CT molecular complexity index is 981. The maximum atomic E-state index is 13.8. The fourth-order valence-corrected chi connectivity index (χ4v) is 2.44. The lowest BCUT2D eigenvalue weighted by Gasteiger charge is -2.09. The second-order valence-corrected chi connectivity index (χ2v) is 5.38. The summed E-state index contributed by atoms with van der Waals surface area (Å²) in [6.07, 6.45) is 1.39. The number of benzene rings is 2. The van der Waals surface area contributed by atoms with Crippen molar-refractivity contribution in [3.63, 3.8) is 0 Å². The van der Waals surface area contributed by atoms with Gasteiger partial charge >= 0.3 is 0 Å². The molecule has 8 heteroatoms. The Kier molecular flexibility index (Phi) is 4.90. The topological polar surface area (TPSA) is 64.4 Å². The summed E-state index contributed by atoms with van der Waals surface area (Å²) >= 11 is 5.22. The predicted molar refractivity (Wildman–Crippen MR) is 95.3 cm³/mol. The molecule has 1 N–H and O–H groups in total. The molecule has 0 unspecified atom stereocenters. The van der Waals surface area contributed by atoms with Crippen molar-refractivity contribution in [1.82, 2.24) is 14.9 Å². The standard InChI is InChI=1S/C17H15FN4O2S/c1-23-12-7-8-13(15(9-12)24-2)16-20-21-17(25)22(16)19-10-11-5-3-4-6-14(11)18/h3-10H,1-2H3,(H,21,25)/b19-10-. The van der Waals surface area contributed by atoms with Crippen LogP contribution in [0.1, 0.15) is 5.56 Å². The summed E-state index contributed by atoms with van der Waals surface area (Å²) in [6, 6.07) is 11.6. The number of ether oxygens (including phenoxy) is 2. The Labute approximate surface area is 148 Å². The smallest absolute Gasteiger partial charge is 0.216 e. The quantitative estimate of drug-likeness (QED) is 0.559. The van der Waals surface area contributed by atoms with Gasteiger partial charge < -0.3 is 9.47 Å². The lowest BCUT2D eigenvalue weighted by Crippen LogP contribution is -1.98. The van der Waals surface area contributed by atoms with Gasteiger partial charge in [-0.15, -0.1) is 0 Å². The molecule has 0 saturated carbocycles. The van der Waals surface area contributed by atoms with E-state index in [2.05, 4.69) is 15.3 Å². The SMILES string of the molecule is COc1ccc(-c2n[nH]c(=S)n2/N=C\c2ccccc2F)c(OC)c1. The molecule has 3 rings (SSSR count).